The summed E-state index contributed by atoms with van der Waals surface area (Å²) in [6, 6.07) is 10.6. The second-order valence-electron chi connectivity index (χ2n) is 5.60. The normalized spacial score (nSPS) is 20.4. The minimum atomic E-state index is -3.04. The SMILES string of the molecule is CC(C)c1ccc(S[C@@H]2CCS(=O)(=O)c3sccc32)cc1. The van der Waals surface area contributed by atoms with Crippen molar-refractivity contribution < 1.29 is 8.42 Å². The number of fused-ring (bicyclic) bond motifs is 1. The van der Waals surface area contributed by atoms with Gasteiger partial charge in [-0.3, -0.25) is 0 Å². The fourth-order valence-electron chi connectivity index (χ4n) is 2.53. The molecule has 1 aromatic carbocycles. The van der Waals surface area contributed by atoms with Crippen LogP contribution in [0, 0.1) is 0 Å². The highest BCUT2D eigenvalue weighted by Crippen LogP contribution is 2.46. The molecule has 3 rings (SSSR count). The monoisotopic (exact) mass is 338 g/mol. The zero-order chi connectivity index (χ0) is 15.0. The van der Waals surface area contributed by atoms with Crippen LogP contribution >= 0.6 is 23.1 Å². The first-order valence-electron chi connectivity index (χ1n) is 7.04. The van der Waals surface area contributed by atoms with E-state index in [1.165, 1.54) is 21.8 Å². The number of benzene rings is 1. The maximum Gasteiger partial charge on any atom is 0.188 e. The predicted molar refractivity (Wildman–Crippen MR) is 90.1 cm³/mol. The average Bonchev–Trinajstić information content (AvgIpc) is 2.94. The van der Waals surface area contributed by atoms with Crippen molar-refractivity contribution in [3.05, 3.63) is 46.8 Å². The lowest BCUT2D eigenvalue weighted by Gasteiger charge is -2.22. The number of sulfone groups is 1. The van der Waals surface area contributed by atoms with E-state index in [0.29, 0.717) is 16.5 Å². The number of hydrogen-bond donors (Lipinski definition) is 0. The lowest BCUT2D eigenvalue weighted by Crippen LogP contribution is -2.16. The van der Waals surface area contributed by atoms with E-state index in [1.54, 1.807) is 11.8 Å². The highest BCUT2D eigenvalue weighted by atomic mass is 32.2. The predicted octanol–water partition coefficient (Wildman–Crippen LogP) is 4.88. The van der Waals surface area contributed by atoms with Gasteiger partial charge in [-0.1, -0.05) is 26.0 Å². The lowest BCUT2D eigenvalue weighted by molar-refractivity contribution is 0.588. The molecule has 0 N–H and O–H groups in total. The lowest BCUT2D eigenvalue weighted by atomic mass is 10.0. The van der Waals surface area contributed by atoms with Gasteiger partial charge in [-0.2, -0.15) is 0 Å². The molecule has 1 atom stereocenters. The molecule has 0 bridgehead atoms. The smallest absolute Gasteiger partial charge is 0.188 e. The molecule has 1 aliphatic rings. The van der Waals surface area contributed by atoms with E-state index < -0.39 is 9.84 Å². The van der Waals surface area contributed by atoms with Crippen LogP contribution in [-0.4, -0.2) is 14.2 Å². The van der Waals surface area contributed by atoms with E-state index in [1.807, 2.05) is 11.4 Å². The molecule has 0 unspecified atom stereocenters. The molecule has 112 valence electrons. The van der Waals surface area contributed by atoms with Crippen molar-refractivity contribution in [2.45, 2.75) is 40.5 Å². The molecular formula is C16H18O2S3. The van der Waals surface area contributed by atoms with Gasteiger partial charge in [0.1, 0.15) is 4.21 Å². The molecule has 0 saturated heterocycles. The van der Waals surface area contributed by atoms with Crippen LogP contribution in [0.4, 0.5) is 0 Å². The van der Waals surface area contributed by atoms with Crippen LogP contribution in [0.25, 0.3) is 0 Å². The Morgan fingerprint density at radius 3 is 2.57 bits per heavy atom. The summed E-state index contributed by atoms with van der Waals surface area (Å²) in [5, 5.41) is 2.14. The molecule has 0 spiro atoms. The van der Waals surface area contributed by atoms with E-state index in [-0.39, 0.29) is 11.0 Å². The second kappa shape index (κ2) is 5.78. The van der Waals surface area contributed by atoms with E-state index in [0.717, 1.165) is 5.56 Å². The van der Waals surface area contributed by atoms with Crippen molar-refractivity contribution >= 4 is 32.9 Å². The van der Waals surface area contributed by atoms with E-state index in [4.69, 9.17) is 0 Å². The topological polar surface area (TPSA) is 34.1 Å². The highest BCUT2D eigenvalue weighted by molar-refractivity contribution is 8.00. The molecule has 0 radical (unpaired) electrons. The molecule has 0 fully saturated rings. The van der Waals surface area contributed by atoms with Crippen LogP contribution in [-0.2, 0) is 9.84 Å². The summed E-state index contributed by atoms with van der Waals surface area (Å²) in [7, 11) is -3.04. The van der Waals surface area contributed by atoms with Gasteiger partial charge in [-0.05, 0) is 47.0 Å². The molecule has 21 heavy (non-hydrogen) atoms. The third kappa shape index (κ3) is 3.05. The molecule has 0 aliphatic carbocycles. The molecule has 0 saturated carbocycles. The highest BCUT2D eigenvalue weighted by Gasteiger charge is 2.32. The fraction of sp³-hybridized carbons (Fsp3) is 0.375. The Balaban J connectivity index is 1.83. The Labute approximate surface area is 134 Å². The van der Waals surface area contributed by atoms with Crippen molar-refractivity contribution in [2.24, 2.45) is 0 Å². The Bertz CT molecular complexity index is 727. The summed E-state index contributed by atoms with van der Waals surface area (Å²) in [6.45, 7) is 4.37. The summed E-state index contributed by atoms with van der Waals surface area (Å²) in [6.07, 6.45) is 0.697. The number of thioether (sulfide) groups is 1. The standard InChI is InChI=1S/C16H18O2S3/c1-11(2)12-3-5-13(6-4-12)20-15-8-10-21(17,18)16-14(15)7-9-19-16/h3-7,9,11,15H,8,10H2,1-2H3/t15-/m1/s1. The van der Waals surface area contributed by atoms with Crippen LogP contribution in [0.5, 0.6) is 0 Å². The zero-order valence-corrected chi connectivity index (χ0v) is 14.5. The van der Waals surface area contributed by atoms with Crippen LogP contribution < -0.4 is 0 Å². The van der Waals surface area contributed by atoms with Crippen molar-refractivity contribution in [2.75, 3.05) is 5.75 Å². The van der Waals surface area contributed by atoms with Crippen molar-refractivity contribution in [1.29, 1.82) is 0 Å². The van der Waals surface area contributed by atoms with Gasteiger partial charge in [0.15, 0.2) is 9.84 Å². The second-order valence-corrected chi connectivity index (χ2v) is 10.1. The Morgan fingerprint density at radius 2 is 1.90 bits per heavy atom. The number of rotatable bonds is 3. The number of hydrogen-bond acceptors (Lipinski definition) is 4. The maximum absolute atomic E-state index is 12.1. The minimum Gasteiger partial charge on any atom is -0.223 e. The quantitative estimate of drug-likeness (QED) is 0.799. The van der Waals surface area contributed by atoms with Crippen LogP contribution in [0.3, 0.4) is 0 Å². The van der Waals surface area contributed by atoms with Crippen molar-refractivity contribution in [3.63, 3.8) is 0 Å². The van der Waals surface area contributed by atoms with Crippen LogP contribution in [0.1, 0.15) is 42.6 Å². The van der Waals surface area contributed by atoms with Gasteiger partial charge in [0.05, 0.1) is 5.75 Å². The van der Waals surface area contributed by atoms with E-state index >= 15 is 0 Å². The van der Waals surface area contributed by atoms with Gasteiger partial charge in [0, 0.05) is 10.1 Å². The third-order valence-electron chi connectivity index (χ3n) is 3.76. The summed E-state index contributed by atoms with van der Waals surface area (Å²) in [5.74, 6) is 0.801. The number of thiophene rings is 1. The maximum atomic E-state index is 12.1. The molecule has 1 aliphatic heterocycles. The first-order valence-corrected chi connectivity index (χ1v) is 10.5. The largest absolute Gasteiger partial charge is 0.223 e. The molecular weight excluding hydrogens is 320 g/mol. The summed E-state index contributed by atoms with van der Waals surface area (Å²) in [4.78, 5) is 1.21. The fourth-order valence-corrected chi connectivity index (χ4v) is 6.99. The summed E-state index contributed by atoms with van der Waals surface area (Å²) >= 11 is 3.13. The molecule has 1 aromatic heterocycles. The zero-order valence-electron chi connectivity index (χ0n) is 12.1. The minimum absolute atomic E-state index is 0.250. The van der Waals surface area contributed by atoms with Crippen molar-refractivity contribution in [3.8, 4) is 0 Å². The van der Waals surface area contributed by atoms with Gasteiger partial charge in [-0.15, -0.1) is 23.1 Å². The molecule has 5 heteroatoms. The van der Waals surface area contributed by atoms with Gasteiger partial charge in [0.2, 0.25) is 0 Å². The van der Waals surface area contributed by atoms with Crippen LogP contribution in [0.2, 0.25) is 0 Å². The summed E-state index contributed by atoms with van der Waals surface area (Å²) < 4.78 is 24.7. The van der Waals surface area contributed by atoms with Gasteiger partial charge < -0.3 is 0 Å². The first kappa shape index (κ1) is 15.1. The van der Waals surface area contributed by atoms with E-state index in [2.05, 4.69) is 38.1 Å². The first-order chi connectivity index (χ1) is 9.97. The van der Waals surface area contributed by atoms with E-state index in [9.17, 15) is 8.42 Å². The third-order valence-corrected chi connectivity index (χ3v) is 8.43. The summed E-state index contributed by atoms with van der Waals surface area (Å²) in [5.41, 5.74) is 2.32. The molecule has 2 aromatic rings. The Morgan fingerprint density at radius 1 is 1.19 bits per heavy atom. The molecule has 0 amide bonds. The van der Waals surface area contributed by atoms with Crippen molar-refractivity contribution in [1.82, 2.24) is 0 Å². The molecule has 2 nitrogen and oxygen atoms in total. The van der Waals surface area contributed by atoms with Gasteiger partial charge >= 0.3 is 0 Å². The average molecular weight is 339 g/mol. The van der Waals surface area contributed by atoms with Gasteiger partial charge in [-0.25, -0.2) is 8.42 Å². The molecule has 2 heterocycles. The van der Waals surface area contributed by atoms with Crippen LogP contribution in [0.15, 0.2) is 44.8 Å². The Hall–Kier alpha value is -0.780. The van der Waals surface area contributed by atoms with Gasteiger partial charge in [0.25, 0.3) is 0 Å². The Kier molecular flexibility index (Phi) is 4.17.